The number of para-hydroxylation sites is 2. The Balaban J connectivity index is 0.000000316. The van der Waals surface area contributed by atoms with Gasteiger partial charge in [0.1, 0.15) is 40.0 Å². The molecule has 0 fully saturated rings. The summed E-state index contributed by atoms with van der Waals surface area (Å²) in [5, 5.41) is 30.8. The van der Waals surface area contributed by atoms with Crippen LogP contribution >= 0.6 is 0 Å². The van der Waals surface area contributed by atoms with Crippen molar-refractivity contribution in [1.29, 1.82) is 0 Å². The van der Waals surface area contributed by atoms with E-state index in [0.29, 0.717) is 33.9 Å². The fourth-order valence-corrected chi connectivity index (χ4v) is 9.63. The monoisotopic (exact) mass is 1100 g/mol. The Morgan fingerprint density at radius 2 is 1.24 bits per heavy atom. The van der Waals surface area contributed by atoms with Gasteiger partial charge in [-0.25, -0.2) is 14.4 Å². The summed E-state index contributed by atoms with van der Waals surface area (Å²) in [6, 6.07) is 35.4. The Kier molecular flexibility index (Phi) is 22.8. The Morgan fingerprint density at radius 1 is 0.724 bits per heavy atom. The fourth-order valence-electron chi connectivity index (χ4n) is 9.63. The zero-order valence-electron chi connectivity index (χ0n) is 43.6. The molecule has 4 unspecified atom stereocenters. The van der Waals surface area contributed by atoms with E-state index in [0.717, 1.165) is 48.8 Å². The predicted octanol–water partition coefficient (Wildman–Crippen LogP) is 12.8. The summed E-state index contributed by atoms with van der Waals surface area (Å²) in [5.41, 5.74) is 4.38. The molecule has 0 saturated carbocycles. The largest absolute Gasteiger partial charge is 0 e. The number of aliphatic hydroxyl groups excluding tert-OH is 1. The molecule has 2 aromatic heterocycles. The summed E-state index contributed by atoms with van der Waals surface area (Å²) < 4.78 is 22.9. The van der Waals surface area contributed by atoms with Gasteiger partial charge < -0.3 is 28.5 Å². The number of fused-ring (bicyclic) bond motifs is 2. The number of ketones is 2. The first-order valence-corrected chi connectivity index (χ1v) is 25.0. The quantitative estimate of drug-likeness (QED) is 0.0195. The minimum atomic E-state index is -1.08. The molecular weight excluding hydrogens is 1040 g/mol. The predicted molar refractivity (Wildman–Crippen MR) is 291 cm³/mol. The molecule has 390 valence electrons. The van der Waals surface area contributed by atoms with Gasteiger partial charge in [-0.05, 0) is 106 Å². The van der Waals surface area contributed by atoms with Crippen LogP contribution in [0.2, 0.25) is 0 Å². The number of hydrogen-bond acceptors (Lipinski definition) is 13. The van der Waals surface area contributed by atoms with Crippen molar-refractivity contribution in [2.75, 3.05) is 6.73 Å². The average Bonchev–Trinajstić information content (AvgIpc) is 3.39. The number of carbonyl (C=O) groups is 3. The number of rotatable bonds is 17. The summed E-state index contributed by atoms with van der Waals surface area (Å²) in [6.07, 6.45) is 6.64. The zero-order valence-corrected chi connectivity index (χ0v) is 46.5. The summed E-state index contributed by atoms with van der Waals surface area (Å²) in [7, 11) is 4.40. The minimum Gasteiger partial charge on any atom is 0 e. The van der Waals surface area contributed by atoms with Crippen molar-refractivity contribution in [2.45, 2.75) is 104 Å². The molecule has 5 aromatic carbocycles. The first-order valence-electron chi connectivity index (χ1n) is 25.0. The van der Waals surface area contributed by atoms with E-state index in [4.69, 9.17) is 23.4 Å². The maximum atomic E-state index is 13.8. The third-order valence-electron chi connectivity index (χ3n) is 13.2. The molecule has 0 amide bonds. The molecule has 7 aromatic rings. The molecule has 0 bridgehead atoms. The van der Waals surface area contributed by atoms with E-state index in [1.54, 1.807) is 60.7 Å². The molecule has 8 rings (SSSR count). The molecule has 0 saturated heterocycles. The Bertz CT molecular complexity index is 3310. The normalized spacial score (nSPS) is 14.5. The summed E-state index contributed by atoms with van der Waals surface area (Å²) in [4.78, 5) is 66.8. The number of ether oxygens (including phenoxy) is 2. The molecule has 2 radical (unpaired) electrons. The number of aryl methyl sites for hydroxylation is 1. The van der Waals surface area contributed by atoms with E-state index in [1.807, 2.05) is 67.6 Å². The number of aliphatic hydroxyl groups is 1. The molecule has 3 N–H and O–H groups in total. The van der Waals surface area contributed by atoms with Crippen LogP contribution < -0.4 is 20.7 Å². The first-order chi connectivity index (χ1) is 36.1. The van der Waals surface area contributed by atoms with Gasteiger partial charge in [-0.3, -0.25) is 9.59 Å². The second kappa shape index (κ2) is 28.9. The van der Waals surface area contributed by atoms with E-state index >= 15 is 0 Å². The smallest absolute Gasteiger partial charge is 0 e. The topological polar surface area (TPSA) is 203 Å². The molecule has 15 heteroatoms. The second-order valence-corrected chi connectivity index (χ2v) is 18.8. The number of allylic oxidation sites excluding steroid dienone is 3. The van der Waals surface area contributed by atoms with E-state index < -0.39 is 29.2 Å². The molecule has 4 atom stereocenters. The number of unbranched alkanes of at least 4 members (excludes halogenated alkanes) is 2. The Morgan fingerprint density at radius 3 is 1.78 bits per heavy atom. The number of carbonyl (C=O) groups excluding carboxylic acids is 3. The maximum absolute atomic E-state index is 13.8. The van der Waals surface area contributed by atoms with E-state index in [2.05, 4.69) is 39.0 Å². The third-order valence-corrected chi connectivity index (χ3v) is 13.2. The summed E-state index contributed by atoms with van der Waals surface area (Å²) in [6.45, 7) is 13.1. The van der Waals surface area contributed by atoms with Crippen LogP contribution in [0.3, 0.4) is 0 Å². The van der Waals surface area contributed by atoms with Gasteiger partial charge in [-0.1, -0.05) is 135 Å². The van der Waals surface area contributed by atoms with Crippen LogP contribution in [-0.4, -0.2) is 47.4 Å². The SMILES string of the molecule is C=C(C)C1CCC(C)=CC1c1c(OC(=O)Oc2c(C(CC(C)=O)c3ccccc3)c(=O)oc3ccccc23)ccc(CCCCC)c1O.CC(=O)CC(c1ccccc1)c1c(O)c2ccccc2oc1=O.[B]=NCO.[Y]. The molecule has 1 aliphatic carbocycles. The Labute approximate surface area is 468 Å². The van der Waals surface area contributed by atoms with Crippen LogP contribution in [0.1, 0.15) is 131 Å². The van der Waals surface area contributed by atoms with Gasteiger partial charge in [-0.2, -0.15) is 0 Å². The van der Waals surface area contributed by atoms with Crippen molar-refractivity contribution in [3.63, 3.8) is 0 Å². The van der Waals surface area contributed by atoms with Crippen molar-refractivity contribution >= 4 is 47.3 Å². The van der Waals surface area contributed by atoms with Crippen LogP contribution in [0.4, 0.5) is 4.79 Å². The van der Waals surface area contributed by atoms with Crippen LogP contribution in [0.15, 0.2) is 168 Å². The zero-order chi connectivity index (χ0) is 54.2. The van der Waals surface area contributed by atoms with Crippen molar-refractivity contribution in [2.24, 2.45) is 10.8 Å². The average molecular weight is 1100 g/mol. The van der Waals surface area contributed by atoms with Crippen LogP contribution in [0, 0.1) is 5.92 Å². The van der Waals surface area contributed by atoms with Gasteiger partial charge in [0, 0.05) is 68.9 Å². The number of phenols is 1. The standard InChI is InChI=1S/C41H44O7.C19H16O4.CH3BNO.Y/c1-6-7-9-16-29-20-22-35(36(38(29)43)33-23-26(4)19-21-30(33)25(2)3)47-41(45)48-39-31-17-12-13-18-34(31)46-40(44)37(39)32(24-27(5)42)28-14-10-8-11-15-28;1-12(20)11-15(13-7-3-2-4-8-13)17-18(21)14-9-5-6-10-16(14)23-19(17)22;2-3-1-4;/h8,10-15,17-18,20,22-23,30,32-33,43H,2,6-7,9,16,19,21,24H2,1,3-5H3;2-10,15,21H,11H2,1H3;4H,1H2;. The maximum Gasteiger partial charge on any atom is 0 e. The minimum absolute atomic E-state index is 0. The number of nitrogens with zero attached hydrogens (tertiary/aromatic N) is 1. The molecule has 0 aliphatic heterocycles. The van der Waals surface area contributed by atoms with Crippen LogP contribution in [0.5, 0.6) is 23.0 Å². The van der Waals surface area contributed by atoms with Crippen molar-refractivity contribution in [3.05, 3.63) is 199 Å². The van der Waals surface area contributed by atoms with Crippen molar-refractivity contribution < 1.29 is 80.7 Å². The molecule has 76 heavy (non-hydrogen) atoms. The molecular formula is C61H63BNO12Y. The van der Waals surface area contributed by atoms with Gasteiger partial charge in [0.2, 0.25) is 0 Å². The molecule has 1 aliphatic rings. The number of hydrogen-bond donors (Lipinski definition) is 3. The number of benzene rings is 5. The van der Waals surface area contributed by atoms with Gasteiger partial charge in [-0.15, -0.1) is 0 Å². The van der Waals surface area contributed by atoms with Gasteiger partial charge in [0.25, 0.3) is 0 Å². The summed E-state index contributed by atoms with van der Waals surface area (Å²) in [5.74, 6) is -1.57. The van der Waals surface area contributed by atoms with Gasteiger partial charge in [0.15, 0.2) is 5.75 Å². The number of phenolic OH excluding ortho intramolecular Hbond substituents is 1. The molecule has 2 heterocycles. The molecule has 0 spiro atoms. The first kappa shape index (κ1) is 60.0. The van der Waals surface area contributed by atoms with E-state index in [1.165, 1.54) is 19.4 Å². The third kappa shape index (κ3) is 15.2. The van der Waals surface area contributed by atoms with Crippen molar-refractivity contribution in [3.8, 4) is 23.0 Å². The van der Waals surface area contributed by atoms with E-state index in [9.17, 15) is 34.2 Å². The number of Topliss-reactive ketones (excluding diaryl/α,β-unsaturated/α-hetero) is 2. The van der Waals surface area contributed by atoms with Gasteiger partial charge >= 0.3 is 41.8 Å². The number of aromatic hydroxyl groups is 2. The van der Waals surface area contributed by atoms with Gasteiger partial charge in [0.05, 0.1) is 21.9 Å². The molecule has 13 nitrogen and oxygen atoms in total. The summed E-state index contributed by atoms with van der Waals surface area (Å²) >= 11 is 0. The van der Waals surface area contributed by atoms with E-state index in [-0.39, 0.29) is 115 Å². The Hall–Kier alpha value is -6.86. The van der Waals surface area contributed by atoms with Crippen molar-refractivity contribution in [1.82, 2.24) is 0 Å². The fraction of sp³-hybridized carbons (Fsp3) is 0.295. The van der Waals surface area contributed by atoms with Crippen LogP contribution in [0.25, 0.3) is 21.9 Å². The van der Waals surface area contributed by atoms with Crippen LogP contribution in [-0.2, 0) is 48.7 Å². The second-order valence-electron chi connectivity index (χ2n) is 18.8.